The maximum Gasteiger partial charge on any atom is 0.409 e. The third kappa shape index (κ3) is 6.14. The van der Waals surface area contributed by atoms with Crippen LogP contribution in [0.25, 0.3) is 0 Å². The van der Waals surface area contributed by atoms with Gasteiger partial charge in [0, 0.05) is 25.7 Å². The molecule has 0 radical (unpaired) electrons. The Balaban J connectivity index is 1.19. The van der Waals surface area contributed by atoms with Crippen LogP contribution in [0.4, 0.5) is 20.7 Å². The molecule has 32 heavy (non-hydrogen) atoms. The van der Waals surface area contributed by atoms with Crippen molar-refractivity contribution in [3.05, 3.63) is 47.7 Å². The molecule has 8 nitrogen and oxygen atoms in total. The summed E-state index contributed by atoms with van der Waals surface area (Å²) in [4.78, 5) is 22.3. The molecule has 2 aromatic rings. The third-order valence-corrected chi connectivity index (χ3v) is 5.84. The topological polar surface area (TPSA) is 103 Å². The van der Waals surface area contributed by atoms with Gasteiger partial charge in [-0.2, -0.15) is 5.26 Å². The number of carbonyl (C=O) groups is 1. The number of halogens is 1. The van der Waals surface area contributed by atoms with Gasteiger partial charge in [0.15, 0.2) is 0 Å². The average Bonchev–Trinajstić information content (AvgIpc) is 3.64. The Morgan fingerprint density at radius 3 is 2.72 bits per heavy atom. The summed E-state index contributed by atoms with van der Waals surface area (Å²) in [6, 6.07) is 7.93. The Morgan fingerprint density at radius 2 is 2.00 bits per heavy atom. The van der Waals surface area contributed by atoms with E-state index in [0.717, 1.165) is 38.2 Å². The van der Waals surface area contributed by atoms with Crippen LogP contribution in [-0.2, 0) is 11.3 Å². The van der Waals surface area contributed by atoms with Crippen LogP contribution < -0.4 is 10.6 Å². The van der Waals surface area contributed by atoms with Crippen molar-refractivity contribution in [1.29, 1.82) is 5.26 Å². The first-order chi connectivity index (χ1) is 15.6. The first-order valence-electron chi connectivity index (χ1n) is 11.0. The summed E-state index contributed by atoms with van der Waals surface area (Å²) in [7, 11) is 0. The highest BCUT2D eigenvalue weighted by Gasteiger charge is 2.27. The van der Waals surface area contributed by atoms with Crippen molar-refractivity contribution in [3.8, 4) is 6.07 Å². The molecule has 4 rings (SSSR count). The third-order valence-electron chi connectivity index (χ3n) is 5.84. The molecule has 9 heteroatoms. The molecule has 1 aliphatic carbocycles. The van der Waals surface area contributed by atoms with E-state index in [0.29, 0.717) is 30.8 Å². The minimum atomic E-state index is -0.509. The Morgan fingerprint density at radius 1 is 1.19 bits per heavy atom. The van der Waals surface area contributed by atoms with Gasteiger partial charge in [-0.15, -0.1) is 0 Å². The highest BCUT2D eigenvalue weighted by atomic mass is 19.1. The van der Waals surface area contributed by atoms with Gasteiger partial charge in [0.1, 0.15) is 18.0 Å². The second-order valence-corrected chi connectivity index (χ2v) is 8.41. The monoisotopic (exact) mass is 438 g/mol. The number of amides is 1. The molecule has 2 N–H and O–H groups in total. The first-order valence-corrected chi connectivity index (χ1v) is 11.0. The molecule has 1 aliphatic heterocycles. The lowest BCUT2D eigenvalue weighted by Gasteiger charge is -2.31. The number of benzene rings is 1. The highest BCUT2D eigenvalue weighted by molar-refractivity contribution is 5.67. The number of hydrogen-bond acceptors (Lipinski definition) is 7. The van der Waals surface area contributed by atoms with E-state index in [4.69, 9.17) is 10.00 Å². The molecule has 2 aliphatic rings. The summed E-state index contributed by atoms with van der Waals surface area (Å²) in [6.07, 6.45) is 5.50. The van der Waals surface area contributed by atoms with Crippen molar-refractivity contribution in [2.45, 2.75) is 32.2 Å². The zero-order valence-corrected chi connectivity index (χ0v) is 17.9. The van der Waals surface area contributed by atoms with Crippen molar-refractivity contribution in [2.75, 3.05) is 31.6 Å². The molecule has 2 fully saturated rings. The minimum Gasteiger partial charge on any atom is -0.449 e. The molecular weight excluding hydrogens is 411 g/mol. The zero-order chi connectivity index (χ0) is 22.3. The zero-order valence-electron chi connectivity index (χ0n) is 17.9. The van der Waals surface area contributed by atoms with Gasteiger partial charge in [-0.05, 0) is 62.3 Å². The first kappa shape index (κ1) is 22.0. The number of hydrogen-bond donors (Lipinski definition) is 2. The van der Waals surface area contributed by atoms with Gasteiger partial charge in [-0.25, -0.2) is 19.2 Å². The normalized spacial score (nSPS) is 16.4. The largest absolute Gasteiger partial charge is 0.449 e. The molecule has 1 aromatic carbocycles. The van der Waals surface area contributed by atoms with Gasteiger partial charge >= 0.3 is 6.09 Å². The second kappa shape index (κ2) is 10.4. The van der Waals surface area contributed by atoms with Crippen molar-refractivity contribution in [1.82, 2.24) is 20.2 Å². The van der Waals surface area contributed by atoms with E-state index in [1.165, 1.54) is 31.3 Å². The molecule has 0 bridgehead atoms. The quantitative estimate of drug-likeness (QED) is 0.649. The number of carbonyl (C=O) groups excluding carboxylic acids is 1. The Hall–Kier alpha value is -3.25. The van der Waals surface area contributed by atoms with E-state index in [9.17, 15) is 9.18 Å². The van der Waals surface area contributed by atoms with Gasteiger partial charge in [-0.3, -0.25) is 0 Å². The number of piperidine rings is 1. The summed E-state index contributed by atoms with van der Waals surface area (Å²) in [6.45, 7) is 3.42. The Labute approximate surface area is 186 Å². The van der Waals surface area contributed by atoms with E-state index >= 15 is 0 Å². The van der Waals surface area contributed by atoms with Gasteiger partial charge < -0.3 is 20.3 Å². The van der Waals surface area contributed by atoms with Gasteiger partial charge in [0.25, 0.3) is 0 Å². The number of nitrogens with zero attached hydrogens (tertiary/aromatic N) is 4. The van der Waals surface area contributed by atoms with E-state index in [-0.39, 0.29) is 17.3 Å². The number of aromatic nitrogens is 2. The summed E-state index contributed by atoms with van der Waals surface area (Å²) in [5.41, 5.74) is 1.31. The molecule has 0 spiro atoms. The fourth-order valence-corrected chi connectivity index (χ4v) is 3.68. The molecule has 1 saturated heterocycles. The van der Waals surface area contributed by atoms with Crippen molar-refractivity contribution in [2.24, 2.45) is 11.8 Å². The van der Waals surface area contributed by atoms with E-state index < -0.39 is 5.82 Å². The van der Waals surface area contributed by atoms with Gasteiger partial charge in [-0.1, -0.05) is 0 Å². The SMILES string of the molecule is N#Cc1ccc(Nc2cc(CNCC3CCN(C(=O)OCC4CC4)CC3)ncn2)c(F)c1. The van der Waals surface area contributed by atoms with Crippen LogP contribution in [0.15, 0.2) is 30.6 Å². The standard InChI is InChI=1S/C23H27FN6O2/c24-20-9-18(11-25)3-4-21(20)29-22-10-19(27-15-28-22)13-26-12-16-5-7-30(8-6-16)23(31)32-14-17-1-2-17/h3-4,9-10,15-17,26H,1-2,5-8,12-14H2,(H,27,28,29). The maximum absolute atomic E-state index is 14.1. The Kier molecular flexibility index (Phi) is 7.12. The van der Waals surface area contributed by atoms with E-state index in [1.54, 1.807) is 12.1 Å². The van der Waals surface area contributed by atoms with E-state index in [2.05, 4.69) is 20.6 Å². The van der Waals surface area contributed by atoms with E-state index in [1.807, 2.05) is 11.0 Å². The van der Waals surface area contributed by atoms with Crippen molar-refractivity contribution in [3.63, 3.8) is 0 Å². The number of anilines is 2. The summed E-state index contributed by atoms with van der Waals surface area (Å²) >= 11 is 0. The lowest BCUT2D eigenvalue weighted by atomic mass is 9.97. The number of rotatable bonds is 8. The van der Waals surface area contributed by atoms with Crippen molar-refractivity contribution < 1.29 is 13.9 Å². The molecule has 1 aromatic heterocycles. The molecule has 0 unspecified atom stereocenters. The predicted octanol–water partition coefficient (Wildman–Crippen LogP) is 3.58. The van der Waals surface area contributed by atoms with Gasteiger partial charge in [0.2, 0.25) is 0 Å². The smallest absolute Gasteiger partial charge is 0.409 e. The fourth-order valence-electron chi connectivity index (χ4n) is 3.68. The van der Waals surface area contributed by atoms with Crippen LogP contribution in [0.3, 0.4) is 0 Å². The summed E-state index contributed by atoms with van der Waals surface area (Å²) in [5, 5.41) is 15.2. The number of likely N-dealkylation sites (tertiary alicyclic amines) is 1. The van der Waals surface area contributed by atoms with Crippen LogP contribution in [0, 0.1) is 29.0 Å². The number of nitrogens with one attached hydrogen (secondary N) is 2. The fraction of sp³-hybridized carbons (Fsp3) is 0.478. The summed E-state index contributed by atoms with van der Waals surface area (Å²) < 4.78 is 19.5. The number of ether oxygens (including phenoxy) is 1. The van der Waals surface area contributed by atoms with Gasteiger partial charge in [0.05, 0.1) is 29.6 Å². The lowest BCUT2D eigenvalue weighted by molar-refractivity contribution is 0.0841. The minimum absolute atomic E-state index is 0.178. The maximum atomic E-state index is 14.1. The van der Waals surface area contributed by atoms with Crippen LogP contribution >= 0.6 is 0 Å². The molecule has 2 heterocycles. The Bertz CT molecular complexity index is 983. The number of nitriles is 1. The highest BCUT2D eigenvalue weighted by Crippen LogP contribution is 2.29. The molecule has 168 valence electrons. The molecular formula is C23H27FN6O2. The summed E-state index contributed by atoms with van der Waals surface area (Å²) in [5.74, 6) is 1.06. The van der Waals surface area contributed by atoms with Crippen molar-refractivity contribution >= 4 is 17.6 Å². The second-order valence-electron chi connectivity index (χ2n) is 8.41. The van der Waals surface area contributed by atoms with Crippen LogP contribution in [0.5, 0.6) is 0 Å². The molecule has 0 atom stereocenters. The molecule has 1 amide bonds. The molecule has 1 saturated carbocycles. The predicted molar refractivity (Wildman–Crippen MR) is 117 cm³/mol. The van der Waals surface area contributed by atoms with Crippen LogP contribution in [-0.4, -0.2) is 47.2 Å². The average molecular weight is 439 g/mol. The lowest BCUT2D eigenvalue weighted by Crippen LogP contribution is -2.41. The van der Waals surface area contributed by atoms with Crippen LogP contribution in [0.2, 0.25) is 0 Å². The van der Waals surface area contributed by atoms with Crippen LogP contribution in [0.1, 0.15) is 36.9 Å².